The zero-order chi connectivity index (χ0) is 18.5. The van der Waals surface area contributed by atoms with Crippen molar-refractivity contribution in [3.63, 3.8) is 0 Å². The Labute approximate surface area is 175 Å². The van der Waals surface area contributed by atoms with Crippen LogP contribution < -0.4 is 11.1 Å². The van der Waals surface area contributed by atoms with E-state index in [0.29, 0.717) is 45.1 Å². The molecule has 0 aromatic carbocycles. The minimum atomic E-state index is -0.590. The summed E-state index contributed by atoms with van der Waals surface area (Å²) >= 11 is 0. The number of carbonyl (C=O) groups excluding carboxylic acids is 2. The molecule has 1 unspecified atom stereocenters. The molecule has 2 amide bonds. The highest BCUT2D eigenvalue weighted by Gasteiger charge is 2.30. The van der Waals surface area contributed by atoms with Crippen molar-refractivity contribution in [3.05, 3.63) is 23.7 Å². The van der Waals surface area contributed by atoms with Crippen LogP contribution in [0.15, 0.2) is 21.5 Å². The summed E-state index contributed by atoms with van der Waals surface area (Å²) in [6, 6.07) is 3.26. The van der Waals surface area contributed by atoms with Gasteiger partial charge >= 0.3 is 0 Å². The number of piperazine rings is 1. The van der Waals surface area contributed by atoms with Gasteiger partial charge in [-0.05, 0) is 25.0 Å². The van der Waals surface area contributed by atoms with Crippen molar-refractivity contribution in [1.29, 1.82) is 0 Å². The summed E-state index contributed by atoms with van der Waals surface area (Å²) in [5.41, 5.74) is 5.18. The number of rotatable bonds is 4. The van der Waals surface area contributed by atoms with Crippen LogP contribution in [-0.2, 0) is 16.1 Å². The van der Waals surface area contributed by atoms with Crippen molar-refractivity contribution in [2.24, 2.45) is 10.7 Å². The molecule has 1 aromatic rings. The first-order valence-electron chi connectivity index (χ1n) is 8.83. The van der Waals surface area contributed by atoms with Gasteiger partial charge < -0.3 is 30.0 Å². The van der Waals surface area contributed by atoms with Gasteiger partial charge in [0.1, 0.15) is 11.9 Å². The minimum Gasteiger partial charge on any atom is -0.454 e. The normalized spacial score (nSPS) is 20.3. The molecule has 0 bridgehead atoms. The van der Waals surface area contributed by atoms with Gasteiger partial charge in [-0.2, -0.15) is 0 Å². The Hall–Kier alpha value is -1.82. The Morgan fingerprint density at radius 2 is 1.96 bits per heavy atom. The summed E-state index contributed by atoms with van der Waals surface area (Å²) in [5, 5.41) is 3.21. The minimum absolute atomic E-state index is 0. The molecular formula is C17H26IN5O4. The number of hydrogen-bond acceptors (Lipinski definition) is 5. The average molecular weight is 491 g/mol. The van der Waals surface area contributed by atoms with Crippen LogP contribution in [0, 0.1) is 0 Å². The van der Waals surface area contributed by atoms with Crippen LogP contribution in [0.1, 0.15) is 29.2 Å². The van der Waals surface area contributed by atoms with E-state index in [2.05, 4.69) is 15.2 Å². The third-order valence-corrected chi connectivity index (χ3v) is 4.63. The van der Waals surface area contributed by atoms with E-state index in [0.717, 1.165) is 18.8 Å². The highest BCUT2D eigenvalue weighted by Crippen LogP contribution is 2.16. The zero-order valence-electron chi connectivity index (χ0n) is 15.3. The van der Waals surface area contributed by atoms with E-state index in [1.165, 1.54) is 0 Å². The standard InChI is InChI=1S/C17H25N5O4.HI/c1-19-17(20-11-12-4-5-13(26-12)15(18)23)22-8-6-21(7-9-22)16(24)14-3-2-10-25-14;/h4-5,14H,2-3,6-11H2,1H3,(H2,18,23)(H,19,20);1H. The molecule has 2 saturated heterocycles. The Bertz CT molecular complexity index is 679. The molecule has 0 radical (unpaired) electrons. The van der Waals surface area contributed by atoms with E-state index in [-0.39, 0.29) is 41.7 Å². The summed E-state index contributed by atoms with van der Waals surface area (Å²) < 4.78 is 10.8. The van der Waals surface area contributed by atoms with Crippen LogP contribution in [0.3, 0.4) is 0 Å². The van der Waals surface area contributed by atoms with Gasteiger partial charge in [0.05, 0.1) is 6.54 Å². The zero-order valence-corrected chi connectivity index (χ0v) is 17.7. The molecule has 10 heteroatoms. The fourth-order valence-corrected chi connectivity index (χ4v) is 3.22. The van der Waals surface area contributed by atoms with Gasteiger partial charge in [-0.25, -0.2) is 0 Å². The van der Waals surface area contributed by atoms with Crippen LogP contribution in [0.25, 0.3) is 0 Å². The predicted molar refractivity (Wildman–Crippen MR) is 110 cm³/mol. The van der Waals surface area contributed by atoms with Crippen LogP contribution in [0.4, 0.5) is 0 Å². The topological polar surface area (TPSA) is 113 Å². The molecule has 2 aliphatic heterocycles. The van der Waals surface area contributed by atoms with Crippen molar-refractivity contribution in [3.8, 4) is 0 Å². The number of nitrogens with zero attached hydrogens (tertiary/aromatic N) is 3. The van der Waals surface area contributed by atoms with Gasteiger partial charge in [0.25, 0.3) is 11.8 Å². The summed E-state index contributed by atoms with van der Waals surface area (Å²) in [6.07, 6.45) is 1.51. The van der Waals surface area contributed by atoms with Crippen LogP contribution in [0.5, 0.6) is 0 Å². The number of guanidine groups is 1. The van der Waals surface area contributed by atoms with Gasteiger partial charge in [0.2, 0.25) is 0 Å². The Balaban J connectivity index is 0.00000261. The second-order valence-electron chi connectivity index (χ2n) is 6.34. The maximum atomic E-state index is 12.4. The van der Waals surface area contributed by atoms with Gasteiger partial charge in [-0.3, -0.25) is 14.6 Å². The molecule has 27 heavy (non-hydrogen) atoms. The number of furan rings is 1. The van der Waals surface area contributed by atoms with E-state index in [1.807, 2.05) is 4.90 Å². The molecule has 3 rings (SSSR count). The molecule has 0 spiro atoms. The van der Waals surface area contributed by atoms with E-state index in [9.17, 15) is 9.59 Å². The highest BCUT2D eigenvalue weighted by molar-refractivity contribution is 14.0. The van der Waals surface area contributed by atoms with Crippen molar-refractivity contribution in [1.82, 2.24) is 15.1 Å². The molecule has 1 aromatic heterocycles. The number of primary amides is 1. The van der Waals surface area contributed by atoms with Crippen LogP contribution in [0.2, 0.25) is 0 Å². The maximum Gasteiger partial charge on any atom is 0.284 e. The number of ether oxygens (including phenoxy) is 1. The van der Waals surface area contributed by atoms with Gasteiger partial charge in [-0.15, -0.1) is 24.0 Å². The van der Waals surface area contributed by atoms with Crippen molar-refractivity contribution < 1.29 is 18.7 Å². The van der Waals surface area contributed by atoms with Crippen LogP contribution >= 0.6 is 24.0 Å². The smallest absolute Gasteiger partial charge is 0.284 e. The van der Waals surface area contributed by atoms with E-state index >= 15 is 0 Å². The first-order chi connectivity index (χ1) is 12.6. The molecule has 0 aliphatic carbocycles. The lowest BCUT2D eigenvalue weighted by Crippen LogP contribution is -2.55. The third-order valence-electron chi connectivity index (χ3n) is 4.63. The number of halogens is 1. The lowest BCUT2D eigenvalue weighted by Gasteiger charge is -2.37. The summed E-state index contributed by atoms with van der Waals surface area (Å²) in [5.74, 6) is 0.976. The number of nitrogens with two attached hydrogens (primary N) is 1. The SMILES string of the molecule is CN=C(NCc1ccc(C(N)=O)o1)N1CCN(C(=O)C2CCCO2)CC1.I. The van der Waals surface area contributed by atoms with Gasteiger partial charge in [0.15, 0.2) is 11.7 Å². The largest absolute Gasteiger partial charge is 0.454 e. The number of nitrogens with one attached hydrogen (secondary N) is 1. The molecule has 0 saturated carbocycles. The molecule has 2 aliphatic rings. The Morgan fingerprint density at radius 3 is 2.52 bits per heavy atom. The molecule has 3 N–H and O–H groups in total. The molecule has 9 nitrogen and oxygen atoms in total. The fourth-order valence-electron chi connectivity index (χ4n) is 3.22. The molecular weight excluding hydrogens is 465 g/mol. The maximum absolute atomic E-state index is 12.4. The number of carbonyl (C=O) groups is 2. The number of amides is 2. The van der Waals surface area contributed by atoms with Crippen molar-refractivity contribution in [2.45, 2.75) is 25.5 Å². The number of aliphatic imine (C=N–C) groups is 1. The molecule has 3 heterocycles. The average Bonchev–Trinajstić information content (AvgIpc) is 3.34. The Kier molecular flexibility index (Phi) is 7.90. The second kappa shape index (κ2) is 9.93. The monoisotopic (exact) mass is 491 g/mol. The van der Waals surface area contributed by atoms with Crippen molar-refractivity contribution in [2.75, 3.05) is 39.8 Å². The lowest BCUT2D eigenvalue weighted by molar-refractivity contribution is -0.142. The first-order valence-corrected chi connectivity index (χ1v) is 8.83. The Morgan fingerprint density at radius 1 is 1.26 bits per heavy atom. The molecule has 150 valence electrons. The molecule has 2 fully saturated rings. The lowest BCUT2D eigenvalue weighted by atomic mass is 10.2. The highest BCUT2D eigenvalue weighted by atomic mass is 127. The van der Waals surface area contributed by atoms with Crippen molar-refractivity contribution >= 4 is 41.8 Å². The molecule has 1 atom stereocenters. The van der Waals surface area contributed by atoms with Gasteiger partial charge in [-0.1, -0.05) is 0 Å². The van der Waals surface area contributed by atoms with Gasteiger partial charge in [0, 0.05) is 39.8 Å². The number of hydrogen-bond donors (Lipinski definition) is 2. The fraction of sp³-hybridized carbons (Fsp3) is 0.588. The van der Waals surface area contributed by atoms with E-state index < -0.39 is 5.91 Å². The predicted octanol–water partition coefficient (Wildman–Crippen LogP) is 0.395. The summed E-state index contributed by atoms with van der Waals surface area (Å²) in [6.45, 7) is 3.76. The van der Waals surface area contributed by atoms with E-state index in [1.54, 1.807) is 19.2 Å². The quantitative estimate of drug-likeness (QED) is 0.358. The summed E-state index contributed by atoms with van der Waals surface area (Å²) in [4.78, 5) is 31.7. The first kappa shape index (κ1) is 21.5. The second-order valence-corrected chi connectivity index (χ2v) is 6.34. The van der Waals surface area contributed by atoms with Crippen LogP contribution in [-0.4, -0.2) is 73.5 Å². The summed E-state index contributed by atoms with van der Waals surface area (Å²) in [7, 11) is 1.71. The third kappa shape index (κ3) is 5.34. The van der Waals surface area contributed by atoms with E-state index in [4.69, 9.17) is 14.9 Å².